The van der Waals surface area contributed by atoms with Crippen LogP contribution in [0.2, 0.25) is 0 Å². The molecule has 106 valence electrons. The second-order valence-corrected chi connectivity index (χ2v) is 4.56. The molecule has 5 nitrogen and oxygen atoms in total. The third-order valence-electron chi connectivity index (χ3n) is 2.74. The molecule has 0 spiro atoms. The smallest absolute Gasteiger partial charge is 0.161 e. The summed E-state index contributed by atoms with van der Waals surface area (Å²) in [4.78, 5) is 2.12. The first-order valence-electron chi connectivity index (χ1n) is 6.23. The Hall–Kier alpha value is -1.75. The highest BCUT2D eigenvalue weighted by Crippen LogP contribution is 2.28. The van der Waals surface area contributed by atoms with Gasteiger partial charge in [0.2, 0.25) is 0 Å². The average Bonchev–Trinajstić information content (AvgIpc) is 2.42. The fourth-order valence-corrected chi connectivity index (χ4v) is 1.63. The lowest BCUT2D eigenvalue weighted by molar-refractivity contribution is 0.268. The summed E-state index contributed by atoms with van der Waals surface area (Å²) in [6, 6.07) is 5.48. The van der Waals surface area contributed by atoms with E-state index >= 15 is 0 Å². The van der Waals surface area contributed by atoms with Gasteiger partial charge >= 0.3 is 0 Å². The number of nitrogens with zero attached hydrogens (tertiary/aromatic N) is 2. The quantitative estimate of drug-likeness (QED) is 0.356. The second kappa shape index (κ2) is 7.63. The molecule has 5 heteroatoms. The summed E-state index contributed by atoms with van der Waals surface area (Å²) < 4.78 is 11.0. The lowest BCUT2D eigenvalue weighted by Gasteiger charge is -2.13. The molecule has 19 heavy (non-hydrogen) atoms. The summed E-state index contributed by atoms with van der Waals surface area (Å²) in [5.74, 6) is 1.35. The van der Waals surface area contributed by atoms with Gasteiger partial charge in [0.15, 0.2) is 11.5 Å². The number of rotatable bonds is 7. The van der Waals surface area contributed by atoms with Crippen molar-refractivity contribution in [3.63, 3.8) is 0 Å². The molecular formula is C14H22N2O3. The Morgan fingerprint density at radius 3 is 2.63 bits per heavy atom. The minimum Gasteiger partial charge on any atom is -0.493 e. The fraction of sp³-hybridized carbons (Fsp3) is 0.500. The van der Waals surface area contributed by atoms with Gasteiger partial charge in [-0.2, -0.15) is 0 Å². The molecule has 1 rings (SSSR count). The van der Waals surface area contributed by atoms with E-state index in [-0.39, 0.29) is 0 Å². The van der Waals surface area contributed by atoms with Crippen LogP contribution in [0.15, 0.2) is 23.4 Å². The van der Waals surface area contributed by atoms with Crippen LogP contribution in [0.1, 0.15) is 18.9 Å². The fourth-order valence-electron chi connectivity index (χ4n) is 1.63. The third kappa shape index (κ3) is 4.79. The summed E-state index contributed by atoms with van der Waals surface area (Å²) in [6.07, 6.45) is 0.953. The minimum absolute atomic E-state index is 0.539. The van der Waals surface area contributed by atoms with E-state index < -0.39 is 0 Å². The van der Waals surface area contributed by atoms with E-state index in [0.717, 1.165) is 18.5 Å². The van der Waals surface area contributed by atoms with Gasteiger partial charge in [0.05, 0.1) is 19.4 Å². The van der Waals surface area contributed by atoms with Crippen LogP contribution in [0.3, 0.4) is 0 Å². The summed E-state index contributed by atoms with van der Waals surface area (Å²) in [7, 11) is 5.66. The van der Waals surface area contributed by atoms with Crippen molar-refractivity contribution in [2.75, 3.05) is 34.4 Å². The van der Waals surface area contributed by atoms with Gasteiger partial charge in [-0.15, -0.1) is 0 Å². The summed E-state index contributed by atoms with van der Waals surface area (Å²) >= 11 is 0. The summed E-state index contributed by atoms with van der Waals surface area (Å²) in [5, 5.41) is 11.9. The first-order valence-corrected chi connectivity index (χ1v) is 6.23. The third-order valence-corrected chi connectivity index (χ3v) is 2.74. The Balaban J connectivity index is 2.68. The number of hydrogen-bond acceptors (Lipinski definition) is 5. The van der Waals surface area contributed by atoms with Crippen molar-refractivity contribution in [3.05, 3.63) is 23.8 Å². The molecule has 0 atom stereocenters. The van der Waals surface area contributed by atoms with Crippen LogP contribution in [-0.4, -0.2) is 50.2 Å². The standard InChI is InChI=1S/C14H22N2O3/c1-11(15-17)12-6-7-13(14(10-12)18-4)19-9-5-8-16(2)3/h6-7,10,17H,5,8-9H2,1-4H3/b15-11+. The molecule has 0 aliphatic heterocycles. The maximum absolute atomic E-state index is 8.76. The predicted molar refractivity (Wildman–Crippen MR) is 75.7 cm³/mol. The highest BCUT2D eigenvalue weighted by molar-refractivity contribution is 5.98. The molecule has 1 N–H and O–H groups in total. The molecule has 1 aromatic rings. The Morgan fingerprint density at radius 2 is 2.05 bits per heavy atom. The van der Waals surface area contributed by atoms with E-state index in [9.17, 15) is 0 Å². The van der Waals surface area contributed by atoms with E-state index in [1.54, 1.807) is 20.1 Å². The first-order chi connectivity index (χ1) is 9.08. The largest absolute Gasteiger partial charge is 0.493 e. The summed E-state index contributed by atoms with van der Waals surface area (Å²) in [5.41, 5.74) is 1.34. The zero-order chi connectivity index (χ0) is 14.3. The van der Waals surface area contributed by atoms with Crippen molar-refractivity contribution in [3.8, 4) is 11.5 Å². The number of ether oxygens (including phenoxy) is 2. The number of oxime groups is 1. The highest BCUT2D eigenvalue weighted by atomic mass is 16.5. The zero-order valence-corrected chi connectivity index (χ0v) is 12.0. The van der Waals surface area contributed by atoms with Crippen LogP contribution in [0, 0.1) is 0 Å². The topological polar surface area (TPSA) is 54.3 Å². The number of benzene rings is 1. The number of methoxy groups -OCH3 is 1. The van der Waals surface area contributed by atoms with Crippen molar-refractivity contribution in [2.24, 2.45) is 5.16 Å². The second-order valence-electron chi connectivity index (χ2n) is 4.56. The highest BCUT2D eigenvalue weighted by Gasteiger charge is 2.07. The molecule has 0 radical (unpaired) electrons. The van der Waals surface area contributed by atoms with Crippen LogP contribution >= 0.6 is 0 Å². The maximum atomic E-state index is 8.76. The van der Waals surface area contributed by atoms with Gasteiger partial charge in [0.1, 0.15) is 0 Å². The molecule has 0 aliphatic carbocycles. The molecule has 0 aliphatic rings. The monoisotopic (exact) mass is 266 g/mol. The molecule has 0 heterocycles. The normalized spacial score (nSPS) is 11.7. The average molecular weight is 266 g/mol. The lowest BCUT2D eigenvalue weighted by Crippen LogP contribution is -2.15. The number of hydrogen-bond donors (Lipinski definition) is 1. The van der Waals surface area contributed by atoms with Crippen LogP contribution < -0.4 is 9.47 Å². The molecule has 0 unspecified atom stereocenters. The molecule has 0 amide bonds. The van der Waals surface area contributed by atoms with E-state index in [1.165, 1.54) is 0 Å². The van der Waals surface area contributed by atoms with Gasteiger partial charge in [-0.1, -0.05) is 5.16 Å². The molecule has 0 saturated heterocycles. The first kappa shape index (κ1) is 15.3. The Kier molecular flexibility index (Phi) is 6.15. The molecule has 1 aromatic carbocycles. The molecule has 0 aromatic heterocycles. The Bertz CT molecular complexity index is 431. The van der Waals surface area contributed by atoms with E-state index in [1.807, 2.05) is 26.2 Å². The van der Waals surface area contributed by atoms with Crippen molar-refractivity contribution in [2.45, 2.75) is 13.3 Å². The van der Waals surface area contributed by atoms with Gasteiger partial charge in [-0.25, -0.2) is 0 Å². The van der Waals surface area contributed by atoms with E-state index in [4.69, 9.17) is 14.7 Å². The van der Waals surface area contributed by atoms with Crippen molar-refractivity contribution in [1.82, 2.24) is 4.90 Å². The van der Waals surface area contributed by atoms with Crippen LogP contribution in [0.25, 0.3) is 0 Å². The summed E-state index contributed by atoms with van der Waals surface area (Å²) in [6.45, 7) is 3.35. The van der Waals surface area contributed by atoms with Crippen molar-refractivity contribution < 1.29 is 14.7 Å². The van der Waals surface area contributed by atoms with E-state index in [2.05, 4.69) is 10.1 Å². The Morgan fingerprint density at radius 1 is 1.32 bits per heavy atom. The van der Waals surface area contributed by atoms with Gasteiger partial charge in [0, 0.05) is 12.1 Å². The molecule has 0 bridgehead atoms. The Labute approximate surface area is 114 Å². The molecule has 0 fully saturated rings. The van der Waals surface area contributed by atoms with Crippen LogP contribution in [-0.2, 0) is 0 Å². The predicted octanol–water partition coefficient (Wildman–Crippen LogP) is 2.22. The van der Waals surface area contributed by atoms with Crippen molar-refractivity contribution >= 4 is 5.71 Å². The van der Waals surface area contributed by atoms with Gasteiger partial charge < -0.3 is 19.6 Å². The molecular weight excluding hydrogens is 244 g/mol. The maximum Gasteiger partial charge on any atom is 0.161 e. The SMILES string of the molecule is COc1cc(/C(C)=N/O)ccc1OCCCN(C)C. The minimum atomic E-state index is 0.539. The van der Waals surface area contributed by atoms with Crippen LogP contribution in [0.5, 0.6) is 11.5 Å². The lowest BCUT2D eigenvalue weighted by atomic mass is 10.1. The zero-order valence-electron chi connectivity index (χ0n) is 12.0. The van der Waals surface area contributed by atoms with Crippen LogP contribution in [0.4, 0.5) is 0 Å². The van der Waals surface area contributed by atoms with Crippen molar-refractivity contribution in [1.29, 1.82) is 0 Å². The van der Waals surface area contributed by atoms with Gasteiger partial charge in [-0.3, -0.25) is 0 Å². The molecule has 0 saturated carbocycles. The van der Waals surface area contributed by atoms with E-state index in [0.29, 0.717) is 23.8 Å². The van der Waals surface area contributed by atoms with Gasteiger partial charge in [-0.05, 0) is 45.6 Å². The van der Waals surface area contributed by atoms with Gasteiger partial charge in [0.25, 0.3) is 0 Å².